The predicted molar refractivity (Wildman–Crippen MR) is 75.7 cm³/mol. The van der Waals surface area contributed by atoms with E-state index < -0.39 is 0 Å². The van der Waals surface area contributed by atoms with Crippen LogP contribution in [0.4, 0.5) is 0 Å². The van der Waals surface area contributed by atoms with Gasteiger partial charge in [0.2, 0.25) is 0 Å². The molecule has 2 rings (SSSR count). The van der Waals surface area contributed by atoms with Crippen LogP contribution in [0.3, 0.4) is 0 Å². The van der Waals surface area contributed by atoms with E-state index in [-0.39, 0.29) is 11.3 Å². The van der Waals surface area contributed by atoms with E-state index in [0.29, 0.717) is 18.1 Å². The molecular formula is C17H24O. The SMILES string of the molecule is CC(C(=O)Cc1ccc(C(C)(C)C)cc1)C1CC1. The van der Waals surface area contributed by atoms with E-state index in [1.165, 1.54) is 18.4 Å². The number of hydrogen-bond donors (Lipinski definition) is 0. The van der Waals surface area contributed by atoms with Gasteiger partial charge in [0.15, 0.2) is 0 Å². The molecule has 1 aromatic rings. The van der Waals surface area contributed by atoms with Gasteiger partial charge < -0.3 is 0 Å². The Bertz CT molecular complexity index is 418. The summed E-state index contributed by atoms with van der Waals surface area (Å²) >= 11 is 0. The molecule has 1 unspecified atom stereocenters. The summed E-state index contributed by atoms with van der Waals surface area (Å²) in [5, 5.41) is 0. The minimum absolute atomic E-state index is 0.184. The molecule has 0 heterocycles. The quantitative estimate of drug-likeness (QED) is 0.778. The van der Waals surface area contributed by atoms with E-state index in [0.717, 1.165) is 5.56 Å². The van der Waals surface area contributed by atoms with Crippen LogP contribution in [0, 0.1) is 11.8 Å². The molecule has 18 heavy (non-hydrogen) atoms. The number of benzene rings is 1. The van der Waals surface area contributed by atoms with Crippen molar-refractivity contribution in [1.29, 1.82) is 0 Å². The lowest BCUT2D eigenvalue weighted by Gasteiger charge is -2.19. The first kappa shape index (κ1) is 13.3. The van der Waals surface area contributed by atoms with Crippen molar-refractivity contribution in [2.75, 3.05) is 0 Å². The summed E-state index contributed by atoms with van der Waals surface area (Å²) in [6, 6.07) is 8.53. The van der Waals surface area contributed by atoms with Crippen molar-refractivity contribution in [3.8, 4) is 0 Å². The molecule has 0 radical (unpaired) electrons. The summed E-state index contributed by atoms with van der Waals surface area (Å²) in [4.78, 5) is 12.1. The van der Waals surface area contributed by atoms with Gasteiger partial charge in [0.25, 0.3) is 0 Å². The van der Waals surface area contributed by atoms with Crippen LogP contribution in [-0.4, -0.2) is 5.78 Å². The average Bonchev–Trinajstić information content (AvgIpc) is 3.11. The van der Waals surface area contributed by atoms with E-state index in [9.17, 15) is 4.79 Å². The van der Waals surface area contributed by atoms with Crippen LogP contribution >= 0.6 is 0 Å². The van der Waals surface area contributed by atoms with Gasteiger partial charge in [0.05, 0.1) is 0 Å². The van der Waals surface area contributed by atoms with E-state index in [4.69, 9.17) is 0 Å². The molecule has 1 fully saturated rings. The third-order valence-corrected chi connectivity index (χ3v) is 4.04. The molecule has 1 aromatic carbocycles. The Balaban J connectivity index is 1.99. The Morgan fingerprint density at radius 2 is 1.78 bits per heavy atom. The molecule has 0 saturated heterocycles. The summed E-state index contributed by atoms with van der Waals surface area (Å²) in [5.74, 6) is 1.33. The highest BCUT2D eigenvalue weighted by Crippen LogP contribution is 2.37. The summed E-state index contributed by atoms with van der Waals surface area (Å²) in [5.41, 5.74) is 2.67. The number of ketones is 1. The summed E-state index contributed by atoms with van der Waals surface area (Å²) in [6.07, 6.45) is 3.09. The van der Waals surface area contributed by atoms with Crippen LogP contribution in [0.2, 0.25) is 0 Å². The van der Waals surface area contributed by atoms with E-state index in [1.54, 1.807) is 0 Å². The normalized spacial score (nSPS) is 17.6. The molecule has 1 nitrogen and oxygen atoms in total. The molecule has 1 atom stereocenters. The largest absolute Gasteiger partial charge is 0.299 e. The average molecular weight is 244 g/mol. The molecule has 1 aliphatic carbocycles. The van der Waals surface area contributed by atoms with Crippen LogP contribution in [0.1, 0.15) is 51.7 Å². The molecule has 0 bridgehead atoms. The first-order chi connectivity index (χ1) is 8.38. The maximum absolute atomic E-state index is 12.1. The topological polar surface area (TPSA) is 17.1 Å². The molecular weight excluding hydrogens is 220 g/mol. The van der Waals surface area contributed by atoms with Crippen molar-refractivity contribution in [3.63, 3.8) is 0 Å². The van der Waals surface area contributed by atoms with Crippen molar-refractivity contribution in [2.24, 2.45) is 11.8 Å². The van der Waals surface area contributed by atoms with Gasteiger partial charge in [-0.3, -0.25) is 4.79 Å². The minimum atomic E-state index is 0.184. The fraction of sp³-hybridized carbons (Fsp3) is 0.588. The minimum Gasteiger partial charge on any atom is -0.299 e. The number of Topliss-reactive ketones (excluding diaryl/α,β-unsaturated/α-hetero) is 1. The Hall–Kier alpha value is -1.11. The van der Waals surface area contributed by atoms with Crippen LogP contribution in [0.5, 0.6) is 0 Å². The molecule has 0 aliphatic heterocycles. The molecule has 1 saturated carbocycles. The maximum atomic E-state index is 12.1. The van der Waals surface area contributed by atoms with Gasteiger partial charge in [-0.15, -0.1) is 0 Å². The summed E-state index contributed by atoms with van der Waals surface area (Å²) in [6.45, 7) is 8.72. The smallest absolute Gasteiger partial charge is 0.140 e. The highest BCUT2D eigenvalue weighted by molar-refractivity contribution is 5.83. The monoisotopic (exact) mass is 244 g/mol. The van der Waals surface area contributed by atoms with Gasteiger partial charge in [0, 0.05) is 12.3 Å². The molecule has 0 N–H and O–H groups in total. The van der Waals surface area contributed by atoms with Gasteiger partial charge in [-0.05, 0) is 35.3 Å². The lowest BCUT2D eigenvalue weighted by Crippen LogP contribution is -2.16. The van der Waals surface area contributed by atoms with Crippen LogP contribution in [0.15, 0.2) is 24.3 Å². The zero-order valence-corrected chi connectivity index (χ0v) is 12.0. The van der Waals surface area contributed by atoms with Crippen molar-refractivity contribution < 1.29 is 4.79 Å². The first-order valence-electron chi connectivity index (χ1n) is 7.00. The fourth-order valence-corrected chi connectivity index (χ4v) is 2.34. The standard InChI is InChI=1S/C17H24O/c1-12(14-7-8-14)16(18)11-13-5-9-15(10-6-13)17(2,3)4/h5-6,9-10,12,14H,7-8,11H2,1-4H3. The number of hydrogen-bond acceptors (Lipinski definition) is 1. The van der Waals surface area contributed by atoms with E-state index >= 15 is 0 Å². The second-order valence-corrected chi connectivity index (χ2v) is 6.72. The Labute approximate surface area is 111 Å². The van der Waals surface area contributed by atoms with Crippen molar-refractivity contribution in [1.82, 2.24) is 0 Å². The van der Waals surface area contributed by atoms with Gasteiger partial charge in [-0.25, -0.2) is 0 Å². The molecule has 98 valence electrons. The zero-order chi connectivity index (χ0) is 13.3. The molecule has 0 amide bonds. The lowest BCUT2D eigenvalue weighted by atomic mass is 9.86. The Kier molecular flexibility index (Phi) is 3.61. The second kappa shape index (κ2) is 4.87. The molecule has 0 spiro atoms. The number of carbonyl (C=O) groups excluding carboxylic acids is 1. The number of carbonyl (C=O) groups is 1. The zero-order valence-electron chi connectivity index (χ0n) is 12.0. The fourth-order valence-electron chi connectivity index (χ4n) is 2.34. The molecule has 1 aliphatic rings. The molecule has 0 aromatic heterocycles. The van der Waals surface area contributed by atoms with Gasteiger partial charge in [0.1, 0.15) is 5.78 Å². The molecule has 1 heteroatoms. The third-order valence-electron chi connectivity index (χ3n) is 4.04. The lowest BCUT2D eigenvalue weighted by molar-refractivity contribution is -0.122. The first-order valence-corrected chi connectivity index (χ1v) is 7.00. The third kappa shape index (κ3) is 3.22. The Morgan fingerprint density at radius 1 is 1.22 bits per heavy atom. The predicted octanol–water partition coefficient (Wildman–Crippen LogP) is 4.14. The summed E-state index contributed by atoms with van der Waals surface area (Å²) < 4.78 is 0. The van der Waals surface area contributed by atoms with Gasteiger partial charge >= 0.3 is 0 Å². The number of rotatable bonds is 4. The van der Waals surface area contributed by atoms with Crippen LogP contribution in [-0.2, 0) is 16.6 Å². The van der Waals surface area contributed by atoms with Crippen molar-refractivity contribution >= 4 is 5.78 Å². The van der Waals surface area contributed by atoms with Gasteiger partial charge in [-0.2, -0.15) is 0 Å². The highest BCUT2D eigenvalue weighted by atomic mass is 16.1. The maximum Gasteiger partial charge on any atom is 0.140 e. The second-order valence-electron chi connectivity index (χ2n) is 6.72. The Morgan fingerprint density at radius 3 is 2.22 bits per heavy atom. The summed E-state index contributed by atoms with van der Waals surface area (Å²) in [7, 11) is 0. The van der Waals surface area contributed by atoms with Crippen molar-refractivity contribution in [2.45, 2.75) is 52.4 Å². The van der Waals surface area contributed by atoms with Crippen molar-refractivity contribution in [3.05, 3.63) is 35.4 Å². The van der Waals surface area contributed by atoms with Crippen LogP contribution < -0.4 is 0 Å². The van der Waals surface area contributed by atoms with E-state index in [2.05, 4.69) is 52.0 Å². The highest BCUT2D eigenvalue weighted by Gasteiger charge is 2.32. The van der Waals surface area contributed by atoms with E-state index in [1.807, 2.05) is 0 Å². The van der Waals surface area contributed by atoms with Gasteiger partial charge in [-0.1, -0.05) is 52.0 Å². The van der Waals surface area contributed by atoms with Crippen LogP contribution in [0.25, 0.3) is 0 Å².